The summed E-state index contributed by atoms with van der Waals surface area (Å²) < 4.78 is 25.2. The predicted octanol–water partition coefficient (Wildman–Crippen LogP) is 5.25. The van der Waals surface area contributed by atoms with E-state index in [1.54, 1.807) is 42.5 Å². The van der Waals surface area contributed by atoms with Crippen molar-refractivity contribution in [3.63, 3.8) is 0 Å². The van der Waals surface area contributed by atoms with Crippen LogP contribution in [0.4, 0.5) is 9.18 Å². The van der Waals surface area contributed by atoms with E-state index in [1.807, 2.05) is 13.8 Å². The van der Waals surface area contributed by atoms with Gasteiger partial charge in [-0.05, 0) is 54.9 Å². The molecule has 0 saturated carbocycles. The molecule has 0 N–H and O–H groups in total. The number of rotatable bonds is 8. The van der Waals surface area contributed by atoms with Crippen LogP contribution in [-0.2, 0) is 11.3 Å². The summed E-state index contributed by atoms with van der Waals surface area (Å²) in [4.78, 5) is 26.3. The number of nitrogens with zero attached hydrogens (tertiary/aromatic N) is 1. The topological polar surface area (TPSA) is 55.8 Å². The lowest BCUT2D eigenvalue weighted by Gasteiger charge is -2.13. The number of ether oxygens (including phenoxy) is 2. The van der Waals surface area contributed by atoms with E-state index in [4.69, 9.17) is 9.47 Å². The first kappa shape index (κ1) is 20.9. The second-order valence-corrected chi connectivity index (χ2v) is 7.34. The third-order valence-corrected chi connectivity index (χ3v) is 5.09. The molecule has 7 heteroatoms. The highest BCUT2D eigenvalue weighted by Gasteiger charge is 2.35. The van der Waals surface area contributed by atoms with Crippen molar-refractivity contribution in [2.75, 3.05) is 13.2 Å². The number of thioether (sulfide) groups is 1. The molecule has 0 aromatic heterocycles. The number of halogens is 1. The maximum absolute atomic E-state index is 13.9. The molecule has 29 heavy (non-hydrogen) atoms. The van der Waals surface area contributed by atoms with Gasteiger partial charge in [0.1, 0.15) is 5.82 Å². The number of imide groups is 1. The normalized spacial score (nSPS) is 15.3. The van der Waals surface area contributed by atoms with Crippen LogP contribution in [0.25, 0.3) is 6.08 Å². The summed E-state index contributed by atoms with van der Waals surface area (Å²) in [5, 5.41) is -0.419. The summed E-state index contributed by atoms with van der Waals surface area (Å²) in [6, 6.07) is 11.5. The van der Waals surface area contributed by atoms with E-state index < -0.39 is 17.0 Å². The molecule has 0 unspecified atom stereocenters. The molecule has 2 aromatic carbocycles. The zero-order valence-electron chi connectivity index (χ0n) is 16.3. The van der Waals surface area contributed by atoms with Crippen LogP contribution in [0, 0.1) is 5.82 Å². The fraction of sp³-hybridized carbons (Fsp3) is 0.273. The Balaban J connectivity index is 1.81. The first-order valence-corrected chi connectivity index (χ1v) is 10.2. The molecule has 3 rings (SSSR count). The van der Waals surface area contributed by atoms with Gasteiger partial charge in [-0.2, -0.15) is 0 Å². The van der Waals surface area contributed by atoms with Crippen molar-refractivity contribution in [3.05, 3.63) is 64.3 Å². The smallest absolute Gasteiger partial charge is 0.293 e. The second kappa shape index (κ2) is 9.60. The van der Waals surface area contributed by atoms with Crippen LogP contribution in [0.5, 0.6) is 11.5 Å². The largest absolute Gasteiger partial charge is 0.490 e. The number of hydrogen-bond donors (Lipinski definition) is 0. The molecule has 1 saturated heterocycles. The lowest BCUT2D eigenvalue weighted by molar-refractivity contribution is -0.123. The fourth-order valence-corrected chi connectivity index (χ4v) is 3.64. The number of amides is 2. The summed E-state index contributed by atoms with van der Waals surface area (Å²) in [6.45, 7) is 4.86. The number of hydrogen-bond acceptors (Lipinski definition) is 5. The molecule has 0 aliphatic carbocycles. The minimum Gasteiger partial charge on any atom is -0.490 e. The first-order chi connectivity index (χ1) is 14.0. The molecule has 1 aliphatic rings. The molecule has 1 fully saturated rings. The highest BCUT2D eigenvalue weighted by Crippen LogP contribution is 2.35. The Labute approximate surface area is 173 Å². The first-order valence-electron chi connectivity index (χ1n) is 9.42. The van der Waals surface area contributed by atoms with Crippen molar-refractivity contribution in [2.24, 2.45) is 0 Å². The molecule has 2 amide bonds. The van der Waals surface area contributed by atoms with Gasteiger partial charge in [0.25, 0.3) is 11.1 Å². The van der Waals surface area contributed by atoms with E-state index in [0.29, 0.717) is 35.8 Å². The highest BCUT2D eigenvalue weighted by molar-refractivity contribution is 8.18. The summed E-state index contributed by atoms with van der Waals surface area (Å²) in [5.41, 5.74) is 1.01. The van der Waals surface area contributed by atoms with E-state index in [9.17, 15) is 14.0 Å². The number of carbonyl (C=O) groups excluding carboxylic acids is 2. The quantitative estimate of drug-likeness (QED) is 0.551. The van der Waals surface area contributed by atoms with E-state index in [0.717, 1.165) is 23.1 Å². The monoisotopic (exact) mass is 415 g/mol. The van der Waals surface area contributed by atoms with Gasteiger partial charge in [-0.15, -0.1) is 0 Å². The summed E-state index contributed by atoms with van der Waals surface area (Å²) >= 11 is 0.843. The van der Waals surface area contributed by atoms with Crippen LogP contribution in [-0.4, -0.2) is 29.3 Å². The van der Waals surface area contributed by atoms with Gasteiger partial charge in [-0.1, -0.05) is 31.2 Å². The lowest BCUT2D eigenvalue weighted by Crippen LogP contribution is -2.27. The van der Waals surface area contributed by atoms with Crippen molar-refractivity contribution >= 4 is 29.0 Å². The highest BCUT2D eigenvalue weighted by atomic mass is 32.2. The minimum absolute atomic E-state index is 0.0946. The molecule has 0 atom stereocenters. The Hall–Kier alpha value is -2.80. The standard InChI is InChI=1S/C22H22FNO4S/c1-3-11-28-18-10-9-15(12-19(18)27-4-2)13-20-21(25)24(22(26)29-20)14-16-7-5-6-8-17(16)23/h5-10,12-13H,3-4,11,14H2,1-2H3/b20-13-. The van der Waals surface area contributed by atoms with Crippen LogP contribution in [0.3, 0.4) is 0 Å². The third kappa shape index (κ3) is 4.98. The average Bonchev–Trinajstić information content (AvgIpc) is 2.96. The molecular formula is C22H22FNO4S. The molecule has 1 aliphatic heterocycles. The summed E-state index contributed by atoms with van der Waals surface area (Å²) in [5.74, 6) is 0.339. The van der Waals surface area contributed by atoms with Gasteiger partial charge in [0.15, 0.2) is 11.5 Å². The second-order valence-electron chi connectivity index (χ2n) is 6.35. The zero-order chi connectivity index (χ0) is 20.8. The van der Waals surface area contributed by atoms with Gasteiger partial charge in [0.05, 0.1) is 24.7 Å². The van der Waals surface area contributed by atoms with Crippen LogP contribution < -0.4 is 9.47 Å². The van der Waals surface area contributed by atoms with E-state index in [2.05, 4.69) is 0 Å². The van der Waals surface area contributed by atoms with Gasteiger partial charge in [0, 0.05) is 5.56 Å². The maximum Gasteiger partial charge on any atom is 0.293 e. The SMILES string of the molecule is CCCOc1ccc(/C=C2\SC(=O)N(Cc3ccccc3F)C2=O)cc1OCC. The Morgan fingerprint density at radius 1 is 1.07 bits per heavy atom. The van der Waals surface area contributed by atoms with E-state index >= 15 is 0 Å². The predicted molar refractivity (Wildman–Crippen MR) is 111 cm³/mol. The number of carbonyl (C=O) groups is 2. The Morgan fingerprint density at radius 2 is 1.86 bits per heavy atom. The van der Waals surface area contributed by atoms with Gasteiger partial charge in [0.2, 0.25) is 0 Å². The lowest BCUT2D eigenvalue weighted by atomic mass is 10.1. The molecule has 2 aromatic rings. The van der Waals surface area contributed by atoms with Crippen molar-refractivity contribution in [1.82, 2.24) is 4.90 Å². The van der Waals surface area contributed by atoms with E-state index in [-0.39, 0.29) is 11.4 Å². The zero-order valence-corrected chi connectivity index (χ0v) is 17.1. The molecule has 5 nitrogen and oxygen atoms in total. The Morgan fingerprint density at radius 3 is 2.59 bits per heavy atom. The van der Waals surface area contributed by atoms with Crippen LogP contribution in [0.15, 0.2) is 47.4 Å². The van der Waals surface area contributed by atoms with Gasteiger partial charge < -0.3 is 9.47 Å². The summed E-state index contributed by atoms with van der Waals surface area (Å²) in [7, 11) is 0. The van der Waals surface area contributed by atoms with Crippen molar-refractivity contribution in [2.45, 2.75) is 26.8 Å². The Kier molecular flexibility index (Phi) is 6.93. The van der Waals surface area contributed by atoms with Crippen molar-refractivity contribution in [1.29, 1.82) is 0 Å². The van der Waals surface area contributed by atoms with Crippen LogP contribution >= 0.6 is 11.8 Å². The van der Waals surface area contributed by atoms with Crippen molar-refractivity contribution < 1.29 is 23.5 Å². The minimum atomic E-state index is -0.445. The molecule has 152 valence electrons. The van der Waals surface area contributed by atoms with E-state index in [1.165, 1.54) is 6.07 Å². The average molecular weight is 415 g/mol. The third-order valence-electron chi connectivity index (χ3n) is 4.19. The fourth-order valence-electron chi connectivity index (χ4n) is 2.80. The maximum atomic E-state index is 13.9. The van der Waals surface area contributed by atoms with Crippen LogP contribution in [0.1, 0.15) is 31.4 Å². The molecule has 0 bridgehead atoms. The van der Waals surface area contributed by atoms with Gasteiger partial charge in [-0.25, -0.2) is 4.39 Å². The Bertz CT molecular complexity index is 944. The van der Waals surface area contributed by atoms with Gasteiger partial charge in [-0.3, -0.25) is 14.5 Å². The molecule has 1 heterocycles. The molecular weight excluding hydrogens is 393 g/mol. The number of benzene rings is 2. The molecule has 0 radical (unpaired) electrons. The molecule has 0 spiro atoms. The van der Waals surface area contributed by atoms with Crippen molar-refractivity contribution in [3.8, 4) is 11.5 Å². The van der Waals surface area contributed by atoms with Gasteiger partial charge >= 0.3 is 0 Å². The van der Waals surface area contributed by atoms with Crippen LogP contribution in [0.2, 0.25) is 0 Å². The summed E-state index contributed by atoms with van der Waals surface area (Å²) in [6.07, 6.45) is 2.51.